The van der Waals surface area contributed by atoms with Gasteiger partial charge in [-0.15, -0.1) is 23.7 Å². The Balaban J connectivity index is 0.00000182. The van der Waals surface area contributed by atoms with E-state index < -0.39 is 0 Å². The summed E-state index contributed by atoms with van der Waals surface area (Å²) in [5, 5.41) is 8.84. The van der Waals surface area contributed by atoms with Crippen LogP contribution in [0.4, 0.5) is 5.13 Å². The third-order valence-electron chi connectivity index (χ3n) is 4.41. The van der Waals surface area contributed by atoms with Gasteiger partial charge in [0.25, 0.3) is 5.91 Å². The molecular formula is C18H19ClN4OS. The van der Waals surface area contributed by atoms with Crippen LogP contribution in [-0.2, 0) is 0 Å². The molecule has 0 atom stereocenters. The van der Waals surface area contributed by atoms with Crippen LogP contribution in [0.15, 0.2) is 42.9 Å². The molecule has 1 aromatic carbocycles. The first-order valence-electron chi connectivity index (χ1n) is 8.12. The summed E-state index contributed by atoms with van der Waals surface area (Å²) in [5.41, 5.74) is 0.647. The second kappa shape index (κ2) is 7.91. The van der Waals surface area contributed by atoms with Gasteiger partial charge in [-0.3, -0.25) is 15.1 Å². The normalized spacial score (nSPS) is 14.9. The number of halogens is 1. The van der Waals surface area contributed by atoms with Crippen molar-refractivity contribution in [1.29, 1.82) is 0 Å². The molecule has 1 amide bonds. The number of hydrogen-bond donors (Lipinski definition) is 2. The molecule has 1 aliphatic rings. The highest BCUT2D eigenvalue weighted by atomic mass is 35.5. The van der Waals surface area contributed by atoms with Gasteiger partial charge >= 0.3 is 0 Å². The lowest BCUT2D eigenvalue weighted by Gasteiger charge is -2.20. The Morgan fingerprint density at radius 3 is 2.88 bits per heavy atom. The predicted molar refractivity (Wildman–Crippen MR) is 104 cm³/mol. The molecule has 0 unspecified atom stereocenters. The van der Waals surface area contributed by atoms with E-state index in [0.717, 1.165) is 36.7 Å². The molecule has 5 nitrogen and oxygen atoms in total. The van der Waals surface area contributed by atoms with E-state index in [1.807, 2.05) is 30.5 Å². The Labute approximate surface area is 156 Å². The number of hydrogen-bond acceptors (Lipinski definition) is 5. The van der Waals surface area contributed by atoms with E-state index in [2.05, 4.69) is 20.6 Å². The first kappa shape index (κ1) is 17.8. The molecule has 1 fully saturated rings. The van der Waals surface area contributed by atoms with Crippen LogP contribution < -0.4 is 10.6 Å². The number of nitrogens with one attached hydrogen (secondary N) is 2. The van der Waals surface area contributed by atoms with Crippen LogP contribution in [0.5, 0.6) is 0 Å². The van der Waals surface area contributed by atoms with E-state index in [9.17, 15) is 4.79 Å². The molecule has 25 heavy (non-hydrogen) atoms. The van der Waals surface area contributed by atoms with Gasteiger partial charge in [-0.25, -0.2) is 4.98 Å². The van der Waals surface area contributed by atoms with E-state index in [1.54, 1.807) is 23.7 Å². The van der Waals surface area contributed by atoms with Crippen molar-refractivity contribution in [3.05, 3.63) is 53.3 Å². The standard InChI is InChI=1S/C18H18N4OS.ClH/c23-17(15-3-1-2-13-10-20-9-6-14(13)15)22-18-21-11-16(24-18)12-4-7-19-8-5-12;/h1-3,6,9-12,19H,4-5,7-8H2,(H,21,22,23);1H. The number of fused-ring (bicyclic) bond motifs is 1. The van der Waals surface area contributed by atoms with Crippen molar-refractivity contribution in [2.24, 2.45) is 0 Å². The zero-order valence-corrected chi connectivity index (χ0v) is 15.2. The lowest BCUT2D eigenvalue weighted by atomic mass is 9.97. The van der Waals surface area contributed by atoms with Crippen molar-refractivity contribution in [3.63, 3.8) is 0 Å². The maximum absolute atomic E-state index is 12.6. The Morgan fingerprint density at radius 1 is 1.20 bits per heavy atom. The number of rotatable bonds is 3. The van der Waals surface area contributed by atoms with Gasteiger partial charge in [-0.05, 0) is 49.4 Å². The third-order valence-corrected chi connectivity index (χ3v) is 5.49. The number of amides is 1. The highest BCUT2D eigenvalue weighted by molar-refractivity contribution is 7.15. The van der Waals surface area contributed by atoms with E-state index in [1.165, 1.54) is 4.88 Å². The topological polar surface area (TPSA) is 66.9 Å². The highest BCUT2D eigenvalue weighted by Crippen LogP contribution is 2.32. The summed E-state index contributed by atoms with van der Waals surface area (Å²) < 4.78 is 0. The minimum atomic E-state index is -0.127. The molecule has 3 aromatic rings. The molecule has 0 saturated carbocycles. The Hall–Kier alpha value is -2.02. The van der Waals surface area contributed by atoms with Gasteiger partial charge in [-0.1, -0.05) is 12.1 Å². The molecule has 0 bridgehead atoms. The largest absolute Gasteiger partial charge is 0.317 e. The molecule has 7 heteroatoms. The lowest BCUT2D eigenvalue weighted by molar-refractivity contribution is 0.102. The number of aromatic nitrogens is 2. The number of benzene rings is 1. The Morgan fingerprint density at radius 2 is 2.04 bits per heavy atom. The monoisotopic (exact) mass is 374 g/mol. The summed E-state index contributed by atoms with van der Waals surface area (Å²) in [6.07, 6.45) is 7.64. The molecule has 1 aliphatic heterocycles. The van der Waals surface area contributed by atoms with Gasteiger partial charge < -0.3 is 5.32 Å². The maximum atomic E-state index is 12.6. The Kier molecular flexibility index (Phi) is 5.63. The fraction of sp³-hybridized carbons (Fsp3) is 0.278. The van der Waals surface area contributed by atoms with Gasteiger partial charge in [0, 0.05) is 34.4 Å². The number of thiazole rings is 1. The minimum absolute atomic E-state index is 0. The number of carbonyl (C=O) groups is 1. The average molecular weight is 375 g/mol. The van der Waals surface area contributed by atoms with E-state index in [4.69, 9.17) is 0 Å². The van der Waals surface area contributed by atoms with E-state index >= 15 is 0 Å². The summed E-state index contributed by atoms with van der Waals surface area (Å²) in [5.74, 6) is 0.427. The van der Waals surface area contributed by atoms with Gasteiger partial charge in [0.15, 0.2) is 5.13 Å². The van der Waals surface area contributed by atoms with Crippen LogP contribution in [0.1, 0.15) is 34.0 Å². The summed E-state index contributed by atoms with van der Waals surface area (Å²) in [6, 6.07) is 7.53. The van der Waals surface area contributed by atoms with Crippen LogP contribution >= 0.6 is 23.7 Å². The van der Waals surface area contributed by atoms with Crippen LogP contribution in [0, 0.1) is 0 Å². The second-order valence-corrected chi connectivity index (χ2v) is 7.01. The first-order valence-corrected chi connectivity index (χ1v) is 8.93. The second-order valence-electron chi connectivity index (χ2n) is 5.95. The highest BCUT2D eigenvalue weighted by Gasteiger charge is 2.19. The smallest absolute Gasteiger partial charge is 0.258 e. The number of carbonyl (C=O) groups excluding carboxylic acids is 1. The SMILES string of the molecule is Cl.O=C(Nc1ncc(C2CCNCC2)s1)c1cccc2cnccc12. The summed E-state index contributed by atoms with van der Waals surface area (Å²) >= 11 is 1.58. The maximum Gasteiger partial charge on any atom is 0.258 e. The average Bonchev–Trinajstić information content (AvgIpc) is 3.10. The van der Waals surface area contributed by atoms with Gasteiger partial charge in [0.2, 0.25) is 0 Å². The van der Waals surface area contributed by atoms with Crippen LogP contribution in [-0.4, -0.2) is 29.0 Å². The van der Waals surface area contributed by atoms with Gasteiger partial charge in [0.05, 0.1) is 0 Å². The molecule has 2 aromatic heterocycles. The van der Waals surface area contributed by atoms with Crippen LogP contribution in [0.3, 0.4) is 0 Å². The predicted octanol–water partition coefficient (Wildman–Crippen LogP) is 3.83. The molecule has 0 spiro atoms. The van der Waals surface area contributed by atoms with E-state index in [0.29, 0.717) is 16.6 Å². The zero-order valence-electron chi connectivity index (χ0n) is 13.6. The number of nitrogens with zero attached hydrogens (tertiary/aromatic N) is 2. The van der Waals surface area contributed by atoms with Crippen molar-refractivity contribution < 1.29 is 4.79 Å². The van der Waals surface area contributed by atoms with Crippen molar-refractivity contribution in [2.75, 3.05) is 18.4 Å². The number of anilines is 1. The fourth-order valence-electron chi connectivity index (χ4n) is 3.12. The molecular weight excluding hydrogens is 356 g/mol. The molecule has 3 heterocycles. The third kappa shape index (κ3) is 3.81. The molecule has 0 aliphatic carbocycles. The summed E-state index contributed by atoms with van der Waals surface area (Å²) in [4.78, 5) is 22.4. The van der Waals surface area contributed by atoms with Crippen molar-refractivity contribution >= 4 is 45.6 Å². The van der Waals surface area contributed by atoms with Crippen LogP contribution in [0.25, 0.3) is 10.8 Å². The zero-order chi connectivity index (χ0) is 16.4. The van der Waals surface area contributed by atoms with Crippen LogP contribution in [0.2, 0.25) is 0 Å². The van der Waals surface area contributed by atoms with Crippen molar-refractivity contribution in [1.82, 2.24) is 15.3 Å². The first-order chi connectivity index (χ1) is 11.8. The van der Waals surface area contributed by atoms with E-state index in [-0.39, 0.29) is 18.3 Å². The molecule has 4 rings (SSSR count). The Bertz CT molecular complexity index is 871. The molecule has 0 radical (unpaired) electrons. The van der Waals surface area contributed by atoms with Crippen molar-refractivity contribution in [2.45, 2.75) is 18.8 Å². The lowest BCUT2D eigenvalue weighted by Crippen LogP contribution is -2.26. The van der Waals surface area contributed by atoms with Gasteiger partial charge in [0.1, 0.15) is 0 Å². The number of pyridine rings is 1. The quantitative estimate of drug-likeness (QED) is 0.731. The minimum Gasteiger partial charge on any atom is -0.317 e. The molecule has 130 valence electrons. The number of piperidine rings is 1. The summed E-state index contributed by atoms with van der Waals surface area (Å²) in [7, 11) is 0. The summed E-state index contributed by atoms with van der Waals surface area (Å²) in [6.45, 7) is 2.10. The van der Waals surface area contributed by atoms with Crippen molar-refractivity contribution in [3.8, 4) is 0 Å². The van der Waals surface area contributed by atoms with Gasteiger partial charge in [-0.2, -0.15) is 0 Å². The molecule has 1 saturated heterocycles. The fourth-order valence-corrected chi connectivity index (χ4v) is 4.10. The molecule has 2 N–H and O–H groups in total.